The van der Waals surface area contributed by atoms with Gasteiger partial charge in [-0.15, -0.1) is 0 Å². The molecule has 0 fully saturated rings. The Bertz CT molecular complexity index is 850. The van der Waals surface area contributed by atoms with Crippen molar-refractivity contribution in [1.29, 1.82) is 5.26 Å². The van der Waals surface area contributed by atoms with E-state index in [1.807, 2.05) is 19.1 Å². The van der Waals surface area contributed by atoms with E-state index in [1.165, 1.54) is 18.3 Å². The van der Waals surface area contributed by atoms with Crippen LogP contribution in [0.4, 0.5) is 24.5 Å². The molecule has 1 amide bonds. The SMILES string of the molecule is CCc1ccc(N/C=C(/C#N)C(=O)Nc2cccc(C(F)(F)F)c2)cc1. The molecule has 0 radical (unpaired) electrons. The number of alkyl halides is 3. The second-order valence-corrected chi connectivity index (χ2v) is 5.40. The summed E-state index contributed by atoms with van der Waals surface area (Å²) in [5.74, 6) is -0.801. The number of anilines is 2. The number of hydrogen-bond acceptors (Lipinski definition) is 3. The molecule has 134 valence electrons. The summed E-state index contributed by atoms with van der Waals surface area (Å²) in [7, 11) is 0. The maximum Gasteiger partial charge on any atom is 0.416 e. The first-order valence-electron chi connectivity index (χ1n) is 7.78. The molecule has 0 aliphatic carbocycles. The maximum atomic E-state index is 12.7. The number of halogens is 3. The van der Waals surface area contributed by atoms with Gasteiger partial charge in [-0.3, -0.25) is 4.79 Å². The highest BCUT2D eigenvalue weighted by molar-refractivity contribution is 6.06. The molecule has 0 unspecified atom stereocenters. The molecule has 2 aromatic rings. The number of benzene rings is 2. The molecular weight excluding hydrogens is 343 g/mol. The summed E-state index contributed by atoms with van der Waals surface area (Å²) in [6, 6.07) is 13.4. The molecule has 0 bridgehead atoms. The van der Waals surface area contributed by atoms with Gasteiger partial charge in [0.25, 0.3) is 5.91 Å². The summed E-state index contributed by atoms with van der Waals surface area (Å²) in [6.07, 6.45) is -2.41. The van der Waals surface area contributed by atoms with Gasteiger partial charge in [0.1, 0.15) is 11.6 Å². The van der Waals surface area contributed by atoms with Gasteiger partial charge in [-0.1, -0.05) is 25.1 Å². The van der Waals surface area contributed by atoms with Crippen LogP contribution >= 0.6 is 0 Å². The van der Waals surface area contributed by atoms with Crippen LogP contribution < -0.4 is 10.6 Å². The molecule has 2 N–H and O–H groups in total. The number of amides is 1. The standard InChI is InChI=1S/C19H16F3N3O/c1-2-13-6-8-16(9-7-13)24-12-14(11-23)18(26)25-17-5-3-4-15(10-17)19(20,21)22/h3-10,12,24H,2H2,1H3,(H,25,26)/b14-12-. The van der Waals surface area contributed by atoms with Crippen LogP contribution in [-0.4, -0.2) is 5.91 Å². The van der Waals surface area contributed by atoms with E-state index in [9.17, 15) is 18.0 Å². The summed E-state index contributed by atoms with van der Waals surface area (Å²) in [5.41, 5.74) is 0.635. The number of rotatable bonds is 5. The molecular formula is C19H16F3N3O. The van der Waals surface area contributed by atoms with E-state index in [2.05, 4.69) is 10.6 Å². The molecule has 0 saturated heterocycles. The minimum absolute atomic E-state index is 0.0433. The highest BCUT2D eigenvalue weighted by atomic mass is 19.4. The molecule has 2 rings (SSSR count). The van der Waals surface area contributed by atoms with Gasteiger partial charge in [0, 0.05) is 17.6 Å². The number of hydrogen-bond donors (Lipinski definition) is 2. The predicted octanol–water partition coefficient (Wildman–Crippen LogP) is 4.73. The Morgan fingerprint density at radius 3 is 2.42 bits per heavy atom. The second-order valence-electron chi connectivity index (χ2n) is 5.40. The molecule has 0 saturated carbocycles. The number of aryl methyl sites for hydroxylation is 1. The monoisotopic (exact) mass is 359 g/mol. The fourth-order valence-corrected chi connectivity index (χ4v) is 2.11. The van der Waals surface area contributed by atoms with Crippen molar-refractivity contribution in [3.8, 4) is 6.07 Å². The second kappa shape index (κ2) is 8.21. The summed E-state index contributed by atoms with van der Waals surface area (Å²) in [5, 5.41) is 14.2. The van der Waals surface area contributed by atoms with Gasteiger partial charge in [-0.2, -0.15) is 18.4 Å². The molecule has 0 heterocycles. The van der Waals surface area contributed by atoms with Crippen molar-refractivity contribution in [2.24, 2.45) is 0 Å². The molecule has 2 aromatic carbocycles. The minimum atomic E-state index is -4.51. The molecule has 4 nitrogen and oxygen atoms in total. The molecule has 0 atom stereocenters. The van der Waals surface area contributed by atoms with Crippen LogP contribution in [0.2, 0.25) is 0 Å². The average molecular weight is 359 g/mol. The van der Waals surface area contributed by atoms with E-state index in [1.54, 1.807) is 18.2 Å². The summed E-state index contributed by atoms with van der Waals surface area (Å²) >= 11 is 0. The van der Waals surface area contributed by atoms with Crippen LogP contribution in [0.25, 0.3) is 0 Å². The molecule has 7 heteroatoms. The summed E-state index contributed by atoms with van der Waals surface area (Å²) < 4.78 is 38.1. The molecule has 0 aromatic heterocycles. The largest absolute Gasteiger partial charge is 0.416 e. The zero-order chi connectivity index (χ0) is 19.2. The molecule has 26 heavy (non-hydrogen) atoms. The molecule has 0 aliphatic heterocycles. The lowest BCUT2D eigenvalue weighted by molar-refractivity contribution is -0.137. The van der Waals surface area contributed by atoms with Gasteiger partial charge >= 0.3 is 6.18 Å². The number of carbonyl (C=O) groups is 1. The van der Waals surface area contributed by atoms with Crippen LogP contribution in [0, 0.1) is 11.3 Å². The van der Waals surface area contributed by atoms with E-state index in [-0.39, 0.29) is 11.3 Å². The van der Waals surface area contributed by atoms with Gasteiger partial charge in [-0.05, 0) is 42.3 Å². The first kappa shape index (κ1) is 19.1. The van der Waals surface area contributed by atoms with Crippen molar-refractivity contribution in [3.63, 3.8) is 0 Å². The van der Waals surface area contributed by atoms with Gasteiger partial charge in [0.15, 0.2) is 0 Å². The van der Waals surface area contributed by atoms with Gasteiger partial charge in [-0.25, -0.2) is 0 Å². The number of nitrogens with one attached hydrogen (secondary N) is 2. The first-order valence-corrected chi connectivity index (χ1v) is 7.78. The Morgan fingerprint density at radius 2 is 1.85 bits per heavy atom. The fraction of sp³-hybridized carbons (Fsp3) is 0.158. The number of carbonyl (C=O) groups excluding carboxylic acids is 1. The quantitative estimate of drug-likeness (QED) is 0.599. The van der Waals surface area contributed by atoms with Crippen molar-refractivity contribution in [2.45, 2.75) is 19.5 Å². The Kier molecular flexibility index (Phi) is 6.02. The van der Waals surface area contributed by atoms with Gasteiger partial charge < -0.3 is 10.6 Å². The Balaban J connectivity index is 2.09. The Labute approximate surface area is 149 Å². The Hall–Kier alpha value is -3.27. The molecule has 0 spiro atoms. The first-order chi connectivity index (χ1) is 12.3. The highest BCUT2D eigenvalue weighted by Crippen LogP contribution is 2.30. The number of nitrogens with zero attached hydrogens (tertiary/aromatic N) is 1. The average Bonchev–Trinajstić information content (AvgIpc) is 2.62. The van der Waals surface area contributed by atoms with Crippen LogP contribution in [0.1, 0.15) is 18.1 Å². The normalized spacial score (nSPS) is 11.6. The van der Waals surface area contributed by atoms with Crippen LogP contribution in [-0.2, 0) is 17.4 Å². The smallest absolute Gasteiger partial charge is 0.360 e. The number of nitriles is 1. The highest BCUT2D eigenvalue weighted by Gasteiger charge is 2.30. The Morgan fingerprint density at radius 1 is 1.15 bits per heavy atom. The lowest BCUT2D eigenvalue weighted by atomic mass is 10.1. The van der Waals surface area contributed by atoms with E-state index < -0.39 is 17.6 Å². The summed E-state index contributed by atoms with van der Waals surface area (Å²) in [6.45, 7) is 2.02. The van der Waals surface area contributed by atoms with Gasteiger partial charge in [0.2, 0.25) is 0 Å². The predicted molar refractivity (Wildman–Crippen MR) is 93.2 cm³/mol. The fourth-order valence-electron chi connectivity index (χ4n) is 2.11. The third kappa shape index (κ3) is 5.11. The lowest BCUT2D eigenvalue weighted by Gasteiger charge is -2.09. The van der Waals surface area contributed by atoms with Gasteiger partial charge in [0.05, 0.1) is 5.56 Å². The van der Waals surface area contributed by atoms with Crippen molar-refractivity contribution in [3.05, 3.63) is 71.4 Å². The zero-order valence-corrected chi connectivity index (χ0v) is 13.9. The van der Waals surface area contributed by atoms with Crippen molar-refractivity contribution < 1.29 is 18.0 Å². The van der Waals surface area contributed by atoms with Crippen LogP contribution in [0.3, 0.4) is 0 Å². The molecule has 0 aliphatic rings. The van der Waals surface area contributed by atoms with E-state index in [0.717, 1.165) is 24.1 Å². The zero-order valence-electron chi connectivity index (χ0n) is 13.9. The topological polar surface area (TPSA) is 64.9 Å². The van der Waals surface area contributed by atoms with Crippen molar-refractivity contribution in [2.75, 3.05) is 10.6 Å². The maximum absolute atomic E-state index is 12.7. The van der Waals surface area contributed by atoms with Crippen LogP contribution in [0.15, 0.2) is 60.3 Å². The minimum Gasteiger partial charge on any atom is -0.360 e. The third-order valence-corrected chi connectivity index (χ3v) is 3.56. The van der Waals surface area contributed by atoms with E-state index in [0.29, 0.717) is 5.69 Å². The lowest BCUT2D eigenvalue weighted by Crippen LogP contribution is -2.15. The van der Waals surface area contributed by atoms with E-state index in [4.69, 9.17) is 5.26 Å². The van der Waals surface area contributed by atoms with E-state index >= 15 is 0 Å². The summed E-state index contributed by atoms with van der Waals surface area (Å²) in [4.78, 5) is 12.1. The van der Waals surface area contributed by atoms with Crippen molar-refractivity contribution in [1.82, 2.24) is 0 Å². The van der Waals surface area contributed by atoms with Crippen LogP contribution in [0.5, 0.6) is 0 Å². The third-order valence-electron chi connectivity index (χ3n) is 3.56. The van der Waals surface area contributed by atoms with Crippen molar-refractivity contribution >= 4 is 17.3 Å².